The number of hydrogen-bond acceptors (Lipinski definition) is 4. The molecule has 0 N–H and O–H groups in total. The highest BCUT2D eigenvalue weighted by Crippen LogP contribution is 2.23. The highest BCUT2D eigenvalue weighted by molar-refractivity contribution is 5.94. The molecule has 1 aromatic heterocycles. The van der Waals surface area contributed by atoms with Crippen LogP contribution in [0.3, 0.4) is 0 Å². The van der Waals surface area contributed by atoms with Crippen molar-refractivity contribution in [3.63, 3.8) is 0 Å². The SMILES string of the molecule is O=C(c1ccc(-c2nc(-c3ccc(F)cc3)no2)cc1)N1CCCCCC1. The van der Waals surface area contributed by atoms with Crippen LogP contribution < -0.4 is 0 Å². The zero-order valence-electron chi connectivity index (χ0n) is 14.9. The van der Waals surface area contributed by atoms with Crippen molar-refractivity contribution in [3.05, 3.63) is 59.9 Å². The van der Waals surface area contributed by atoms with E-state index in [0.29, 0.717) is 22.8 Å². The number of rotatable bonds is 3. The van der Waals surface area contributed by atoms with Crippen molar-refractivity contribution >= 4 is 5.91 Å². The molecule has 0 bridgehead atoms. The molecule has 4 rings (SSSR count). The molecule has 2 heterocycles. The first-order valence-electron chi connectivity index (χ1n) is 9.20. The maximum absolute atomic E-state index is 13.0. The van der Waals surface area contributed by atoms with E-state index in [1.807, 2.05) is 17.0 Å². The number of carbonyl (C=O) groups excluding carboxylic acids is 1. The Hall–Kier alpha value is -3.02. The van der Waals surface area contributed by atoms with E-state index in [2.05, 4.69) is 10.1 Å². The third kappa shape index (κ3) is 3.89. The van der Waals surface area contributed by atoms with Gasteiger partial charge in [0.15, 0.2) is 0 Å². The fourth-order valence-corrected chi connectivity index (χ4v) is 3.27. The zero-order chi connectivity index (χ0) is 18.6. The molecule has 5 nitrogen and oxygen atoms in total. The van der Waals surface area contributed by atoms with Gasteiger partial charge in [-0.2, -0.15) is 4.98 Å². The van der Waals surface area contributed by atoms with Crippen molar-refractivity contribution < 1.29 is 13.7 Å². The number of amides is 1. The molecule has 0 radical (unpaired) electrons. The summed E-state index contributed by atoms with van der Waals surface area (Å²) in [4.78, 5) is 19.0. The maximum atomic E-state index is 13.0. The van der Waals surface area contributed by atoms with E-state index in [4.69, 9.17) is 4.52 Å². The lowest BCUT2D eigenvalue weighted by Gasteiger charge is -2.20. The molecule has 0 atom stereocenters. The number of likely N-dealkylation sites (tertiary alicyclic amines) is 1. The third-order valence-corrected chi connectivity index (χ3v) is 4.80. The molecule has 27 heavy (non-hydrogen) atoms. The van der Waals surface area contributed by atoms with Crippen molar-refractivity contribution in [1.82, 2.24) is 15.0 Å². The lowest BCUT2D eigenvalue weighted by molar-refractivity contribution is 0.0761. The van der Waals surface area contributed by atoms with Gasteiger partial charge in [0.1, 0.15) is 5.82 Å². The first kappa shape index (κ1) is 17.4. The molecule has 138 valence electrons. The standard InChI is InChI=1S/C21H20FN3O2/c22-18-11-9-15(10-12-18)19-23-20(27-24-19)16-5-7-17(8-6-16)21(26)25-13-3-1-2-4-14-25/h5-12H,1-4,13-14H2. The van der Waals surface area contributed by atoms with Crippen LogP contribution in [0.25, 0.3) is 22.8 Å². The zero-order valence-corrected chi connectivity index (χ0v) is 14.9. The molecule has 1 amide bonds. The maximum Gasteiger partial charge on any atom is 0.258 e. The number of benzene rings is 2. The summed E-state index contributed by atoms with van der Waals surface area (Å²) in [5, 5.41) is 3.95. The summed E-state index contributed by atoms with van der Waals surface area (Å²) < 4.78 is 18.4. The van der Waals surface area contributed by atoms with Gasteiger partial charge >= 0.3 is 0 Å². The fraction of sp³-hybridized carbons (Fsp3) is 0.286. The van der Waals surface area contributed by atoms with Gasteiger partial charge < -0.3 is 9.42 Å². The average Bonchev–Trinajstić information content (AvgIpc) is 3.03. The predicted octanol–water partition coefficient (Wildman–Crippen LogP) is 4.56. The molecule has 0 unspecified atom stereocenters. The fourth-order valence-electron chi connectivity index (χ4n) is 3.27. The predicted molar refractivity (Wildman–Crippen MR) is 99.5 cm³/mol. The highest BCUT2D eigenvalue weighted by Gasteiger charge is 2.18. The van der Waals surface area contributed by atoms with Crippen molar-refractivity contribution in [2.75, 3.05) is 13.1 Å². The van der Waals surface area contributed by atoms with Crippen LogP contribution in [-0.2, 0) is 0 Å². The molecule has 0 spiro atoms. The normalized spacial score (nSPS) is 14.8. The summed E-state index contributed by atoms with van der Waals surface area (Å²) in [5.74, 6) is 0.519. The largest absolute Gasteiger partial charge is 0.339 e. The molecule has 1 saturated heterocycles. The first-order valence-corrected chi connectivity index (χ1v) is 9.20. The smallest absolute Gasteiger partial charge is 0.258 e. The van der Waals surface area contributed by atoms with Gasteiger partial charge in [-0.05, 0) is 61.4 Å². The van der Waals surface area contributed by atoms with Crippen LogP contribution in [0.1, 0.15) is 36.0 Å². The molecule has 1 aliphatic heterocycles. The summed E-state index contributed by atoms with van der Waals surface area (Å²) in [7, 11) is 0. The number of halogens is 1. The van der Waals surface area contributed by atoms with E-state index in [9.17, 15) is 9.18 Å². The highest BCUT2D eigenvalue weighted by atomic mass is 19.1. The van der Waals surface area contributed by atoms with E-state index in [0.717, 1.165) is 31.5 Å². The number of aromatic nitrogens is 2. The topological polar surface area (TPSA) is 59.2 Å². The minimum absolute atomic E-state index is 0.0704. The van der Waals surface area contributed by atoms with Gasteiger partial charge in [0.2, 0.25) is 5.82 Å². The first-order chi connectivity index (χ1) is 13.2. The molecular formula is C21H20FN3O2. The number of nitrogens with zero attached hydrogens (tertiary/aromatic N) is 3. The number of hydrogen-bond donors (Lipinski definition) is 0. The van der Waals surface area contributed by atoms with Crippen LogP contribution in [0.2, 0.25) is 0 Å². The third-order valence-electron chi connectivity index (χ3n) is 4.80. The van der Waals surface area contributed by atoms with Crippen molar-refractivity contribution in [3.8, 4) is 22.8 Å². The van der Waals surface area contributed by atoms with E-state index in [-0.39, 0.29) is 11.7 Å². The Kier molecular flexibility index (Phi) is 4.96. The van der Waals surface area contributed by atoms with Crippen molar-refractivity contribution in [2.24, 2.45) is 0 Å². The summed E-state index contributed by atoms with van der Waals surface area (Å²) in [6.07, 6.45) is 4.52. The van der Waals surface area contributed by atoms with Crippen LogP contribution in [0.15, 0.2) is 53.1 Å². The van der Waals surface area contributed by atoms with Gasteiger partial charge in [-0.25, -0.2) is 4.39 Å². The van der Waals surface area contributed by atoms with Gasteiger partial charge in [0, 0.05) is 29.8 Å². The molecule has 1 aliphatic rings. The Morgan fingerprint density at radius 2 is 1.52 bits per heavy atom. The van der Waals surface area contributed by atoms with Crippen LogP contribution in [0.4, 0.5) is 4.39 Å². The van der Waals surface area contributed by atoms with Crippen LogP contribution in [0, 0.1) is 5.82 Å². The lowest BCUT2D eigenvalue weighted by Crippen LogP contribution is -2.31. The van der Waals surface area contributed by atoms with Gasteiger partial charge in [-0.1, -0.05) is 18.0 Å². The van der Waals surface area contributed by atoms with Gasteiger partial charge in [-0.15, -0.1) is 0 Å². The monoisotopic (exact) mass is 365 g/mol. The van der Waals surface area contributed by atoms with E-state index in [1.165, 1.54) is 25.0 Å². The Morgan fingerprint density at radius 3 is 2.19 bits per heavy atom. The van der Waals surface area contributed by atoms with E-state index >= 15 is 0 Å². The van der Waals surface area contributed by atoms with Gasteiger partial charge in [0.25, 0.3) is 11.8 Å². The summed E-state index contributed by atoms with van der Waals surface area (Å²) >= 11 is 0. The number of carbonyl (C=O) groups is 1. The Balaban J connectivity index is 1.50. The molecule has 6 heteroatoms. The van der Waals surface area contributed by atoms with Crippen molar-refractivity contribution in [2.45, 2.75) is 25.7 Å². The summed E-state index contributed by atoms with van der Waals surface area (Å²) in [5.41, 5.74) is 2.08. The second kappa shape index (κ2) is 7.70. The van der Waals surface area contributed by atoms with Crippen LogP contribution >= 0.6 is 0 Å². The molecule has 3 aromatic rings. The molecule has 2 aromatic carbocycles. The molecule has 0 saturated carbocycles. The second-order valence-corrected chi connectivity index (χ2v) is 6.71. The Labute approximate surface area is 156 Å². The molecule has 0 aliphatic carbocycles. The molecule has 1 fully saturated rings. The van der Waals surface area contributed by atoms with E-state index < -0.39 is 0 Å². The van der Waals surface area contributed by atoms with Gasteiger partial charge in [0.05, 0.1) is 0 Å². The minimum Gasteiger partial charge on any atom is -0.339 e. The van der Waals surface area contributed by atoms with Gasteiger partial charge in [-0.3, -0.25) is 4.79 Å². The van der Waals surface area contributed by atoms with Crippen LogP contribution in [0.5, 0.6) is 0 Å². The minimum atomic E-state index is -0.313. The lowest BCUT2D eigenvalue weighted by atomic mass is 10.1. The van der Waals surface area contributed by atoms with Crippen molar-refractivity contribution in [1.29, 1.82) is 0 Å². The summed E-state index contributed by atoms with van der Waals surface area (Å²) in [6.45, 7) is 1.65. The quantitative estimate of drug-likeness (QED) is 0.683. The van der Waals surface area contributed by atoms with Crippen LogP contribution in [-0.4, -0.2) is 34.0 Å². The Morgan fingerprint density at radius 1 is 0.889 bits per heavy atom. The van der Waals surface area contributed by atoms with E-state index in [1.54, 1.807) is 24.3 Å². The average molecular weight is 365 g/mol. The molecular weight excluding hydrogens is 345 g/mol. The second-order valence-electron chi connectivity index (χ2n) is 6.71. The Bertz CT molecular complexity index is 911. The summed E-state index contributed by atoms with van der Waals surface area (Å²) in [6, 6.07) is 13.1.